The van der Waals surface area contributed by atoms with E-state index < -0.39 is 30.0 Å². The highest BCUT2D eigenvalue weighted by molar-refractivity contribution is 6.08. The number of nitrogens with one attached hydrogen (secondary N) is 2. The predicted molar refractivity (Wildman–Crippen MR) is 227 cm³/mol. The molecule has 18 nitrogen and oxygen atoms in total. The fourth-order valence-corrected chi connectivity index (χ4v) is 11.4. The first-order chi connectivity index (χ1) is 30.9. The van der Waals surface area contributed by atoms with Crippen LogP contribution in [0.25, 0.3) is 16.7 Å². The number of carbonyl (C=O) groups is 4. The number of ether oxygens (including phenoxy) is 1. The zero-order valence-corrected chi connectivity index (χ0v) is 35.5. The van der Waals surface area contributed by atoms with Gasteiger partial charge in [0.1, 0.15) is 17.4 Å². The number of fused-ring (bicyclic) bond motifs is 4. The third-order valence-electron chi connectivity index (χ3n) is 14.8. The monoisotopic (exact) mass is 880 g/mol. The summed E-state index contributed by atoms with van der Waals surface area (Å²) in [5.41, 5.74) is 2.22. The number of imidazole rings is 1. The number of nitrogens with zero attached hydrogens (tertiary/aromatic N) is 10. The first kappa shape index (κ1) is 40.7. The van der Waals surface area contributed by atoms with Crippen molar-refractivity contribution in [2.75, 3.05) is 49.5 Å². The van der Waals surface area contributed by atoms with Gasteiger partial charge in [0.15, 0.2) is 11.3 Å². The minimum Gasteiger partial charge on any atom is -0.374 e. The largest absolute Gasteiger partial charge is 0.374 e. The molecule has 5 aromatic rings. The molecule has 1 aliphatic carbocycles. The molecule has 64 heavy (non-hydrogen) atoms. The molecular weight excluding hydrogens is 831 g/mol. The SMILES string of the molecule is Cn1c(=O)n(C2CCC(=O)NC2=O)c2cccc(CN3CC4(CCN(C(=O)[C@H]5CC[C@H](n6cc(NC(=O)c7cnn8ccc(N9C[C@H]%10C[C@@H]9CO%10)nc78)c(C(F)F)n6)CC5)CC4)C3)c21. The fraction of sp³-hybridized carbons (Fsp3) is 0.545. The van der Waals surface area contributed by atoms with Gasteiger partial charge in [-0.1, -0.05) is 12.1 Å². The number of imide groups is 1. The highest BCUT2D eigenvalue weighted by Crippen LogP contribution is 2.43. The maximum absolute atomic E-state index is 14.3. The number of amides is 4. The van der Waals surface area contributed by atoms with Crippen LogP contribution in [-0.4, -0.2) is 118 Å². The van der Waals surface area contributed by atoms with Gasteiger partial charge < -0.3 is 19.9 Å². The van der Waals surface area contributed by atoms with Crippen LogP contribution in [0, 0.1) is 11.3 Å². The summed E-state index contributed by atoms with van der Waals surface area (Å²) in [6, 6.07) is 6.93. The molecule has 6 fully saturated rings. The van der Waals surface area contributed by atoms with Crippen molar-refractivity contribution in [2.24, 2.45) is 18.4 Å². The second kappa shape index (κ2) is 15.6. The number of likely N-dealkylation sites (tertiary alicyclic amines) is 2. The van der Waals surface area contributed by atoms with Gasteiger partial charge in [0.25, 0.3) is 12.3 Å². The quantitative estimate of drug-likeness (QED) is 0.206. The van der Waals surface area contributed by atoms with E-state index in [1.807, 2.05) is 29.2 Å². The molecule has 2 bridgehead atoms. The van der Waals surface area contributed by atoms with Crippen LogP contribution in [0.15, 0.2) is 47.7 Å². The van der Waals surface area contributed by atoms with Crippen LogP contribution in [-0.2, 0) is 32.7 Å². The van der Waals surface area contributed by atoms with E-state index in [4.69, 9.17) is 9.72 Å². The van der Waals surface area contributed by atoms with E-state index >= 15 is 0 Å². The van der Waals surface area contributed by atoms with Gasteiger partial charge in [0, 0.05) is 71.0 Å². The van der Waals surface area contributed by atoms with Crippen molar-refractivity contribution < 1.29 is 32.7 Å². The van der Waals surface area contributed by atoms with Crippen molar-refractivity contribution >= 4 is 51.8 Å². The van der Waals surface area contributed by atoms with Crippen LogP contribution < -0.4 is 21.2 Å². The molecule has 1 aromatic carbocycles. The van der Waals surface area contributed by atoms with Crippen LogP contribution in [0.3, 0.4) is 0 Å². The molecular formula is C44H50F2N12O6. The van der Waals surface area contributed by atoms with E-state index in [2.05, 4.69) is 30.6 Å². The number of anilines is 2. The molecule has 1 spiro atoms. The maximum atomic E-state index is 14.3. The number of carbonyl (C=O) groups excluding carboxylic acids is 4. The molecule has 11 rings (SSSR count). The lowest BCUT2D eigenvalue weighted by molar-refractivity contribution is -0.142. The standard InChI is InChI=1S/C44H50F2N12O6/c1-52-37-26(3-2-4-32(37)58(43(52)63)33-9-10-35(59)50-41(33)61)19-53-23-44(24-53)12-15-54(16-13-44)42(62)25-5-7-27(8-6-25)57-21-31(36(51-57)38(45)46)48-40(60)30-18-47-56-14-11-34(49-39(30)56)55-20-29-17-28(55)22-64-29/h2-4,11,14,18,21,25,27-29,33,38H,5-10,12-13,15-17,19-20,22-24H2,1H3,(H,48,60)(H,50,59,61)/t25-,27-,28-,29-,33?/m1/s1. The number of aryl methyl sites for hydroxylation is 1. The Kier molecular flexibility index (Phi) is 9.93. The van der Waals surface area contributed by atoms with Crippen LogP contribution in [0.1, 0.15) is 97.9 Å². The fourth-order valence-electron chi connectivity index (χ4n) is 11.4. The molecule has 5 saturated heterocycles. The van der Waals surface area contributed by atoms with Gasteiger partial charge in [-0.05, 0) is 74.5 Å². The van der Waals surface area contributed by atoms with E-state index in [0.29, 0.717) is 68.9 Å². The summed E-state index contributed by atoms with van der Waals surface area (Å²) in [6.45, 7) is 5.14. The molecule has 4 amide bonds. The van der Waals surface area contributed by atoms with Gasteiger partial charge in [-0.2, -0.15) is 10.2 Å². The Morgan fingerprint density at radius 3 is 2.55 bits per heavy atom. The Morgan fingerprint density at radius 1 is 1.03 bits per heavy atom. The number of benzene rings is 1. The van der Waals surface area contributed by atoms with Crippen molar-refractivity contribution in [1.82, 2.24) is 48.6 Å². The van der Waals surface area contributed by atoms with Gasteiger partial charge in [-0.25, -0.2) is 23.1 Å². The number of para-hydroxylation sites is 1. The molecule has 0 radical (unpaired) electrons. The van der Waals surface area contributed by atoms with Crippen LogP contribution in [0.5, 0.6) is 0 Å². The smallest absolute Gasteiger partial charge is 0.329 e. The number of alkyl halides is 2. The highest BCUT2D eigenvalue weighted by Gasteiger charge is 2.46. The summed E-state index contributed by atoms with van der Waals surface area (Å²) in [6.07, 6.45) is 7.48. The minimum atomic E-state index is -2.91. The molecule has 336 valence electrons. The van der Waals surface area contributed by atoms with Crippen LogP contribution >= 0.6 is 0 Å². The minimum absolute atomic E-state index is 0.0638. The topological polar surface area (TPSA) is 186 Å². The van der Waals surface area contributed by atoms with Crippen molar-refractivity contribution in [1.29, 1.82) is 0 Å². The Labute approximate surface area is 365 Å². The highest BCUT2D eigenvalue weighted by atomic mass is 19.3. The Hall–Kier alpha value is -6.02. The third-order valence-corrected chi connectivity index (χ3v) is 14.8. The zero-order chi connectivity index (χ0) is 44.0. The van der Waals surface area contributed by atoms with E-state index in [-0.39, 0.29) is 71.1 Å². The lowest BCUT2D eigenvalue weighted by Gasteiger charge is -2.54. The van der Waals surface area contributed by atoms with E-state index in [9.17, 15) is 32.8 Å². The summed E-state index contributed by atoms with van der Waals surface area (Å²) in [7, 11) is 1.72. The lowest BCUT2D eigenvalue weighted by Crippen LogP contribution is -2.60. The average Bonchev–Trinajstić information content (AvgIpc) is 4.13. The molecule has 1 unspecified atom stereocenters. The van der Waals surface area contributed by atoms with Gasteiger partial charge in [0.05, 0.1) is 47.7 Å². The number of hydrogen-bond donors (Lipinski definition) is 2. The summed E-state index contributed by atoms with van der Waals surface area (Å²) in [5, 5.41) is 13.5. The summed E-state index contributed by atoms with van der Waals surface area (Å²) in [4.78, 5) is 76.5. The second-order valence-electron chi connectivity index (χ2n) is 18.7. The second-order valence-corrected chi connectivity index (χ2v) is 18.7. The van der Waals surface area contributed by atoms with Crippen molar-refractivity contribution in [3.8, 4) is 0 Å². The number of aromatic nitrogens is 7. The third kappa shape index (κ3) is 6.96. The average molecular weight is 881 g/mol. The van der Waals surface area contributed by atoms with Crippen LogP contribution in [0.4, 0.5) is 20.3 Å². The van der Waals surface area contributed by atoms with Gasteiger partial charge in [-0.3, -0.25) is 43.2 Å². The summed E-state index contributed by atoms with van der Waals surface area (Å²) < 4.78 is 40.5. The number of hydrogen-bond acceptors (Lipinski definition) is 11. The first-order valence-corrected chi connectivity index (χ1v) is 22.4. The number of piperidine rings is 2. The molecule has 5 aliphatic heterocycles. The van der Waals surface area contributed by atoms with Crippen molar-refractivity contribution in [3.05, 3.63) is 70.2 Å². The normalized spacial score (nSPS) is 25.8. The van der Waals surface area contributed by atoms with Gasteiger partial charge >= 0.3 is 5.69 Å². The molecule has 20 heteroatoms. The Morgan fingerprint density at radius 2 is 1.83 bits per heavy atom. The number of halogens is 2. The molecule has 2 N–H and O–H groups in total. The Bertz CT molecular complexity index is 2750. The van der Waals surface area contributed by atoms with E-state index in [1.165, 1.54) is 26.2 Å². The first-order valence-electron chi connectivity index (χ1n) is 22.4. The zero-order valence-electron chi connectivity index (χ0n) is 35.5. The van der Waals surface area contributed by atoms with E-state index in [1.54, 1.807) is 17.8 Å². The lowest BCUT2D eigenvalue weighted by atomic mass is 9.71. The molecule has 9 heterocycles. The van der Waals surface area contributed by atoms with Gasteiger partial charge in [0.2, 0.25) is 17.7 Å². The van der Waals surface area contributed by atoms with Crippen molar-refractivity contribution in [3.63, 3.8) is 0 Å². The molecule has 1 saturated carbocycles. The number of rotatable bonds is 9. The molecule has 6 aliphatic rings. The molecule has 4 aromatic heterocycles. The van der Waals surface area contributed by atoms with Gasteiger partial charge in [-0.15, -0.1) is 0 Å². The maximum Gasteiger partial charge on any atom is 0.329 e. The van der Waals surface area contributed by atoms with Crippen LogP contribution in [0.2, 0.25) is 0 Å². The predicted octanol–water partition coefficient (Wildman–Crippen LogP) is 3.58. The Balaban J connectivity index is 0.683. The molecule has 3 atom stereocenters. The summed E-state index contributed by atoms with van der Waals surface area (Å²) in [5.74, 6) is -0.675. The number of morpholine rings is 1. The summed E-state index contributed by atoms with van der Waals surface area (Å²) >= 11 is 0. The van der Waals surface area contributed by atoms with E-state index in [0.717, 1.165) is 50.0 Å². The van der Waals surface area contributed by atoms with Crippen molar-refractivity contribution in [2.45, 2.75) is 95.0 Å².